The second-order valence-corrected chi connectivity index (χ2v) is 5.73. The molecule has 0 aliphatic rings. The van der Waals surface area contributed by atoms with Crippen LogP contribution < -0.4 is 27.2 Å². The molecule has 0 saturated carbocycles. The molecule has 3 atom stereocenters. The van der Waals surface area contributed by atoms with Gasteiger partial charge in [-0.05, 0) is 19.8 Å². The van der Waals surface area contributed by atoms with Gasteiger partial charge < -0.3 is 21.7 Å². The molecule has 7 N–H and O–H groups in total. The number of hydrogen-bond acceptors (Lipinski definition) is 6. The minimum atomic E-state index is -0.958. The Kier molecular flexibility index (Phi) is 11.1. The van der Waals surface area contributed by atoms with Crippen LogP contribution in [0.25, 0.3) is 0 Å². The van der Waals surface area contributed by atoms with Gasteiger partial charge in [-0.15, -0.1) is 0 Å². The molecule has 0 radical (unpaired) electrons. The van der Waals surface area contributed by atoms with Crippen LogP contribution in [0.2, 0.25) is 0 Å². The topological polar surface area (TPSA) is 163 Å². The second-order valence-electron chi connectivity index (χ2n) is 5.73. The molecule has 0 fully saturated rings. The van der Waals surface area contributed by atoms with Crippen molar-refractivity contribution >= 4 is 23.6 Å². The van der Waals surface area contributed by atoms with Crippen molar-refractivity contribution < 1.29 is 31.5 Å². The molecule has 0 aliphatic heterocycles. The van der Waals surface area contributed by atoms with E-state index in [1.54, 1.807) is 0 Å². The number of carbonyl (C=O) groups is 4. The van der Waals surface area contributed by atoms with Gasteiger partial charge in [0.25, 0.3) is 5.91 Å². The molecular weight excluding hydrogens is 330 g/mol. The van der Waals surface area contributed by atoms with Crippen LogP contribution in [0.3, 0.4) is 0 Å². The van der Waals surface area contributed by atoms with E-state index in [9.17, 15) is 19.2 Å². The lowest BCUT2D eigenvalue weighted by Gasteiger charge is -2.20. The Balaban J connectivity index is -0.000000288. The summed E-state index contributed by atoms with van der Waals surface area (Å²) < 4.78 is 0. The predicted octanol–water partition coefficient (Wildman–Crippen LogP) is -0.245. The maximum absolute atomic E-state index is 12.1. The monoisotopic (exact) mass is 369 g/mol. The third kappa shape index (κ3) is 9.01. The van der Waals surface area contributed by atoms with Gasteiger partial charge in [-0.1, -0.05) is 26.7 Å². The lowest BCUT2D eigenvalue weighted by molar-refractivity contribution is -0.135. The number of amides is 4. The lowest BCUT2D eigenvalue weighted by Crippen LogP contribution is -2.54. The molecule has 0 rings (SSSR count). The zero-order valence-electron chi connectivity index (χ0n) is 14.9. The van der Waals surface area contributed by atoms with Crippen LogP contribution in [-0.2, 0) is 19.2 Å². The second kappa shape index (κ2) is 12.2. The Hall–Kier alpha value is -2.20. The SMILES string of the molecule is CCC[C@H](NC(=O)CNC(=O)[C@@H](N)CCC)C(=O)N[C@@H](C)C(=O)NO.[HH].[HH].[HH].[HH].[HH]. The Morgan fingerprint density at radius 1 is 1.00 bits per heavy atom. The van der Waals surface area contributed by atoms with Gasteiger partial charge in [0, 0.05) is 7.13 Å². The molecule has 154 valence electrons. The lowest BCUT2D eigenvalue weighted by atomic mass is 10.1. The zero-order valence-corrected chi connectivity index (χ0v) is 14.9. The Morgan fingerprint density at radius 2 is 1.60 bits per heavy atom. The molecule has 0 heterocycles. The molecule has 0 bridgehead atoms. The fourth-order valence-electron chi connectivity index (χ4n) is 2.02. The summed E-state index contributed by atoms with van der Waals surface area (Å²) in [4.78, 5) is 47.0. The van der Waals surface area contributed by atoms with Crippen molar-refractivity contribution in [1.29, 1.82) is 0 Å². The van der Waals surface area contributed by atoms with Crippen molar-refractivity contribution in [3.63, 3.8) is 0 Å². The van der Waals surface area contributed by atoms with Crippen molar-refractivity contribution in [3.05, 3.63) is 0 Å². The number of nitrogens with two attached hydrogens (primary N) is 1. The highest BCUT2D eigenvalue weighted by Gasteiger charge is 2.24. The van der Waals surface area contributed by atoms with E-state index in [1.807, 2.05) is 13.8 Å². The van der Waals surface area contributed by atoms with Crippen LogP contribution in [0.1, 0.15) is 53.6 Å². The van der Waals surface area contributed by atoms with E-state index in [1.165, 1.54) is 12.4 Å². The van der Waals surface area contributed by atoms with E-state index in [4.69, 9.17) is 10.9 Å². The number of hydrogen-bond donors (Lipinski definition) is 6. The number of rotatable bonds is 11. The highest BCUT2D eigenvalue weighted by molar-refractivity contribution is 5.93. The van der Waals surface area contributed by atoms with Crippen LogP contribution >= 0.6 is 0 Å². The van der Waals surface area contributed by atoms with Gasteiger partial charge in [0.1, 0.15) is 12.1 Å². The molecule has 0 saturated heterocycles. The fraction of sp³-hybridized carbons (Fsp3) is 0.733. The predicted molar refractivity (Wildman–Crippen MR) is 101 cm³/mol. The standard InChI is InChI=1S/C15H29N5O5.5H2/c1-4-6-10(16)14(23)17-8-12(21)19-11(7-5-2)15(24)18-9(3)13(22)20-25;;;;;/h9-11,25H,4-8,16H2,1-3H3,(H,17,23)(H,18,24)(H,19,21)(H,20,22);5*1H/t9-,10-,11-;;;;;/m0...../s1. The summed E-state index contributed by atoms with van der Waals surface area (Å²) >= 11 is 0. The summed E-state index contributed by atoms with van der Waals surface area (Å²) in [6, 6.07) is -2.49. The Labute approximate surface area is 154 Å². The average molecular weight is 370 g/mol. The van der Waals surface area contributed by atoms with Crippen molar-refractivity contribution in [2.45, 2.75) is 64.6 Å². The quantitative estimate of drug-likeness (QED) is 0.217. The molecule has 0 aromatic heterocycles. The minimum absolute atomic E-state index is 0. The smallest absolute Gasteiger partial charge is 0.265 e. The van der Waals surface area contributed by atoms with Crippen LogP contribution in [0.15, 0.2) is 0 Å². The van der Waals surface area contributed by atoms with Crippen LogP contribution in [0.5, 0.6) is 0 Å². The summed E-state index contributed by atoms with van der Waals surface area (Å²) in [5, 5.41) is 15.8. The first-order chi connectivity index (χ1) is 11.8. The Bertz CT molecular complexity index is 491. The molecule has 4 amide bonds. The molecule has 25 heavy (non-hydrogen) atoms. The minimum Gasteiger partial charge on any atom is -0.346 e. The van der Waals surface area contributed by atoms with E-state index >= 15 is 0 Å². The van der Waals surface area contributed by atoms with Gasteiger partial charge in [0.2, 0.25) is 17.7 Å². The molecule has 0 aromatic carbocycles. The van der Waals surface area contributed by atoms with E-state index in [2.05, 4.69) is 16.0 Å². The van der Waals surface area contributed by atoms with Crippen molar-refractivity contribution in [2.75, 3.05) is 6.54 Å². The normalized spacial score (nSPS) is 14.0. The van der Waals surface area contributed by atoms with Crippen molar-refractivity contribution in [2.24, 2.45) is 5.73 Å². The largest absolute Gasteiger partial charge is 0.346 e. The molecule has 0 aromatic rings. The summed E-state index contributed by atoms with van der Waals surface area (Å²) in [5.41, 5.74) is 7.08. The van der Waals surface area contributed by atoms with Crippen LogP contribution in [0, 0.1) is 0 Å². The highest BCUT2D eigenvalue weighted by atomic mass is 16.5. The van der Waals surface area contributed by atoms with Crippen LogP contribution in [-0.4, -0.2) is 53.5 Å². The number of carbonyl (C=O) groups excluding carboxylic acids is 4. The van der Waals surface area contributed by atoms with Gasteiger partial charge in [-0.3, -0.25) is 24.4 Å². The number of nitrogens with one attached hydrogen (secondary N) is 4. The van der Waals surface area contributed by atoms with Crippen molar-refractivity contribution in [1.82, 2.24) is 21.4 Å². The third-order valence-electron chi connectivity index (χ3n) is 3.45. The van der Waals surface area contributed by atoms with Gasteiger partial charge >= 0.3 is 0 Å². The zero-order chi connectivity index (χ0) is 19.4. The van der Waals surface area contributed by atoms with E-state index in [0.29, 0.717) is 19.3 Å². The first-order valence-electron chi connectivity index (χ1n) is 8.33. The Morgan fingerprint density at radius 3 is 2.12 bits per heavy atom. The van der Waals surface area contributed by atoms with Gasteiger partial charge in [-0.25, -0.2) is 5.48 Å². The van der Waals surface area contributed by atoms with Gasteiger partial charge in [0.05, 0.1) is 12.6 Å². The number of hydroxylamine groups is 1. The fourth-order valence-corrected chi connectivity index (χ4v) is 2.02. The summed E-state index contributed by atoms with van der Waals surface area (Å²) in [5.74, 6) is -2.29. The average Bonchev–Trinajstić information content (AvgIpc) is 2.58. The molecule has 10 nitrogen and oxygen atoms in total. The van der Waals surface area contributed by atoms with E-state index in [0.717, 1.165) is 6.42 Å². The van der Waals surface area contributed by atoms with Crippen LogP contribution in [0.4, 0.5) is 0 Å². The first-order valence-corrected chi connectivity index (χ1v) is 8.33. The molecular formula is C15H39N5O5. The molecule has 0 unspecified atom stereocenters. The molecule has 0 aliphatic carbocycles. The maximum Gasteiger partial charge on any atom is 0.265 e. The maximum atomic E-state index is 12.1. The summed E-state index contributed by atoms with van der Waals surface area (Å²) in [6.45, 7) is 4.83. The van der Waals surface area contributed by atoms with E-state index in [-0.39, 0.29) is 13.7 Å². The van der Waals surface area contributed by atoms with Gasteiger partial charge in [-0.2, -0.15) is 0 Å². The summed E-state index contributed by atoms with van der Waals surface area (Å²) in [7, 11) is 0. The third-order valence-corrected chi connectivity index (χ3v) is 3.45. The van der Waals surface area contributed by atoms with Crippen molar-refractivity contribution in [3.8, 4) is 0 Å². The van der Waals surface area contributed by atoms with Gasteiger partial charge in [0.15, 0.2) is 0 Å². The van der Waals surface area contributed by atoms with E-state index < -0.39 is 41.8 Å². The highest BCUT2D eigenvalue weighted by Crippen LogP contribution is 1.98. The molecule has 10 heteroatoms. The summed E-state index contributed by atoms with van der Waals surface area (Å²) in [6.07, 6.45) is 2.24. The first kappa shape index (κ1) is 22.8. The molecule has 0 spiro atoms.